The number of pyridine rings is 1. The summed E-state index contributed by atoms with van der Waals surface area (Å²) in [6, 6.07) is 5.38. The number of aromatic nitrogens is 1. The molecule has 0 saturated carbocycles. The highest BCUT2D eigenvalue weighted by molar-refractivity contribution is 5.76. The zero-order chi connectivity index (χ0) is 15.4. The molecule has 0 atom stereocenters. The standard InChI is InChI=1S/C13H10N2O6/c1-20-11-3-2-9(8-16)6-12(11)21-13-7-14(17)5-4-10(13)15(18)19/h2-8H,1H3. The van der Waals surface area contributed by atoms with Crippen LogP contribution in [-0.2, 0) is 0 Å². The van der Waals surface area contributed by atoms with Crippen molar-refractivity contribution >= 4 is 12.0 Å². The maximum absolute atomic E-state index is 11.3. The van der Waals surface area contributed by atoms with Crippen LogP contribution in [-0.4, -0.2) is 18.3 Å². The number of nitro groups is 1. The van der Waals surface area contributed by atoms with Gasteiger partial charge in [0, 0.05) is 5.56 Å². The molecule has 0 bridgehead atoms. The monoisotopic (exact) mass is 290 g/mol. The number of hydrogen-bond acceptors (Lipinski definition) is 6. The largest absolute Gasteiger partial charge is 0.619 e. The number of benzene rings is 1. The van der Waals surface area contributed by atoms with Gasteiger partial charge in [-0.1, -0.05) is 0 Å². The lowest BCUT2D eigenvalue weighted by atomic mass is 10.2. The van der Waals surface area contributed by atoms with Crippen LogP contribution < -0.4 is 14.2 Å². The van der Waals surface area contributed by atoms with Crippen molar-refractivity contribution in [2.75, 3.05) is 7.11 Å². The van der Waals surface area contributed by atoms with Gasteiger partial charge in [0.15, 0.2) is 17.7 Å². The van der Waals surface area contributed by atoms with Gasteiger partial charge in [-0.05, 0) is 18.2 Å². The van der Waals surface area contributed by atoms with Crippen LogP contribution in [0.4, 0.5) is 5.69 Å². The lowest BCUT2D eigenvalue weighted by molar-refractivity contribution is -0.606. The molecule has 8 heteroatoms. The lowest BCUT2D eigenvalue weighted by Gasteiger charge is -2.10. The zero-order valence-corrected chi connectivity index (χ0v) is 10.9. The van der Waals surface area contributed by atoms with Crippen LogP contribution in [0.25, 0.3) is 0 Å². The molecule has 2 rings (SSSR count). The van der Waals surface area contributed by atoms with Gasteiger partial charge in [0.1, 0.15) is 6.29 Å². The van der Waals surface area contributed by atoms with E-state index in [0.29, 0.717) is 16.6 Å². The van der Waals surface area contributed by atoms with Gasteiger partial charge < -0.3 is 14.7 Å². The summed E-state index contributed by atoms with van der Waals surface area (Å²) in [6.07, 6.45) is 2.51. The lowest BCUT2D eigenvalue weighted by Crippen LogP contribution is -2.24. The van der Waals surface area contributed by atoms with Gasteiger partial charge in [-0.25, -0.2) is 0 Å². The fourth-order valence-electron chi connectivity index (χ4n) is 1.65. The van der Waals surface area contributed by atoms with Gasteiger partial charge in [-0.2, -0.15) is 4.73 Å². The second kappa shape index (κ2) is 5.87. The van der Waals surface area contributed by atoms with Crippen molar-refractivity contribution in [1.82, 2.24) is 0 Å². The molecule has 1 aromatic heterocycles. The number of rotatable bonds is 5. The van der Waals surface area contributed by atoms with Crippen molar-refractivity contribution < 1.29 is 23.9 Å². The highest BCUT2D eigenvalue weighted by atomic mass is 16.6. The van der Waals surface area contributed by atoms with E-state index in [4.69, 9.17) is 9.47 Å². The van der Waals surface area contributed by atoms with Crippen molar-refractivity contribution in [2.24, 2.45) is 0 Å². The second-order valence-electron chi connectivity index (χ2n) is 3.94. The van der Waals surface area contributed by atoms with Gasteiger partial charge in [0.2, 0.25) is 6.20 Å². The summed E-state index contributed by atoms with van der Waals surface area (Å²) in [7, 11) is 1.38. The molecule has 0 unspecified atom stereocenters. The summed E-state index contributed by atoms with van der Waals surface area (Å²) in [5, 5.41) is 22.2. The quantitative estimate of drug-likeness (QED) is 0.273. The Morgan fingerprint density at radius 3 is 2.62 bits per heavy atom. The summed E-state index contributed by atoms with van der Waals surface area (Å²) >= 11 is 0. The molecule has 2 aromatic rings. The molecule has 0 radical (unpaired) electrons. The van der Waals surface area contributed by atoms with E-state index < -0.39 is 4.92 Å². The molecule has 0 amide bonds. The topological polar surface area (TPSA) is 106 Å². The summed E-state index contributed by atoms with van der Waals surface area (Å²) in [5.41, 5.74) is -0.0694. The molecule has 0 aliphatic rings. The Labute approximate surface area is 118 Å². The first-order chi connectivity index (χ1) is 10.0. The fraction of sp³-hybridized carbons (Fsp3) is 0.0769. The van der Waals surface area contributed by atoms with Crippen molar-refractivity contribution in [3.8, 4) is 17.2 Å². The Bertz CT molecular complexity index is 701. The van der Waals surface area contributed by atoms with E-state index in [0.717, 1.165) is 18.5 Å². The van der Waals surface area contributed by atoms with Crippen LogP contribution in [0.5, 0.6) is 17.2 Å². The molecule has 8 nitrogen and oxygen atoms in total. The Morgan fingerprint density at radius 1 is 1.24 bits per heavy atom. The van der Waals surface area contributed by atoms with E-state index in [1.54, 1.807) is 0 Å². The van der Waals surface area contributed by atoms with E-state index in [1.165, 1.54) is 25.3 Å². The van der Waals surface area contributed by atoms with Gasteiger partial charge in [0.25, 0.3) is 5.75 Å². The number of carbonyl (C=O) groups is 1. The minimum absolute atomic E-state index is 0.0939. The van der Waals surface area contributed by atoms with Crippen LogP contribution in [0, 0.1) is 15.3 Å². The fourth-order valence-corrected chi connectivity index (χ4v) is 1.65. The average Bonchev–Trinajstić information content (AvgIpc) is 2.47. The van der Waals surface area contributed by atoms with Gasteiger partial charge in [-0.3, -0.25) is 14.9 Å². The second-order valence-corrected chi connectivity index (χ2v) is 3.94. The third kappa shape index (κ3) is 3.06. The number of methoxy groups -OCH3 is 1. The number of hydrogen-bond donors (Lipinski definition) is 0. The van der Waals surface area contributed by atoms with Crippen LogP contribution in [0.2, 0.25) is 0 Å². The average molecular weight is 290 g/mol. The predicted octanol–water partition coefficient (Wildman–Crippen LogP) is 1.84. The van der Waals surface area contributed by atoms with Gasteiger partial charge in [-0.15, -0.1) is 0 Å². The SMILES string of the molecule is COc1ccc(C=O)cc1Oc1c[n+]([O-])ccc1[N+](=O)[O-]. The molecule has 0 spiro atoms. The molecule has 0 aliphatic heterocycles. The first kappa shape index (κ1) is 14.3. The van der Waals surface area contributed by atoms with Crippen LogP contribution >= 0.6 is 0 Å². The molecule has 1 heterocycles. The van der Waals surface area contributed by atoms with E-state index in [1.807, 2.05) is 0 Å². The maximum atomic E-state index is 11.3. The first-order valence-electron chi connectivity index (χ1n) is 5.73. The molecule has 1 aromatic carbocycles. The highest BCUT2D eigenvalue weighted by Gasteiger charge is 2.21. The number of aldehydes is 1. The highest BCUT2D eigenvalue weighted by Crippen LogP contribution is 2.35. The van der Waals surface area contributed by atoms with E-state index in [-0.39, 0.29) is 22.9 Å². The molecule has 21 heavy (non-hydrogen) atoms. The Hall–Kier alpha value is -3.16. The van der Waals surface area contributed by atoms with Crippen molar-refractivity contribution in [3.63, 3.8) is 0 Å². The minimum atomic E-state index is -0.675. The van der Waals surface area contributed by atoms with Crippen molar-refractivity contribution in [1.29, 1.82) is 0 Å². The van der Waals surface area contributed by atoms with E-state index in [9.17, 15) is 20.1 Å². The normalized spacial score (nSPS) is 9.95. The molecule has 0 aliphatic carbocycles. The van der Waals surface area contributed by atoms with E-state index >= 15 is 0 Å². The summed E-state index contributed by atoms with van der Waals surface area (Å²) < 4.78 is 10.8. The number of nitrogens with zero attached hydrogens (tertiary/aromatic N) is 2. The van der Waals surface area contributed by atoms with Gasteiger partial charge >= 0.3 is 5.69 Å². The summed E-state index contributed by atoms with van der Waals surface area (Å²) in [6.45, 7) is 0. The zero-order valence-electron chi connectivity index (χ0n) is 10.9. The Kier molecular flexibility index (Phi) is 3.98. The van der Waals surface area contributed by atoms with E-state index in [2.05, 4.69) is 0 Å². The summed E-state index contributed by atoms with van der Waals surface area (Å²) in [4.78, 5) is 21.0. The smallest absolute Gasteiger partial charge is 0.323 e. The third-order valence-electron chi connectivity index (χ3n) is 2.62. The molecule has 0 fully saturated rings. The number of carbonyl (C=O) groups excluding carboxylic acids is 1. The molecule has 108 valence electrons. The first-order valence-corrected chi connectivity index (χ1v) is 5.73. The van der Waals surface area contributed by atoms with Crippen LogP contribution in [0.3, 0.4) is 0 Å². The van der Waals surface area contributed by atoms with Crippen LogP contribution in [0.1, 0.15) is 10.4 Å². The minimum Gasteiger partial charge on any atom is -0.619 e. The maximum Gasteiger partial charge on any atom is 0.323 e. The summed E-state index contributed by atoms with van der Waals surface area (Å²) in [5.74, 6) is 0.117. The number of ether oxygens (including phenoxy) is 2. The predicted molar refractivity (Wildman–Crippen MR) is 70.5 cm³/mol. The molecular formula is C13H10N2O6. The van der Waals surface area contributed by atoms with Crippen LogP contribution in [0.15, 0.2) is 36.7 Å². The Balaban J connectivity index is 2.48. The van der Waals surface area contributed by atoms with Gasteiger partial charge in [0.05, 0.1) is 18.1 Å². The third-order valence-corrected chi connectivity index (χ3v) is 2.62. The molecule has 0 N–H and O–H groups in total. The molecular weight excluding hydrogens is 280 g/mol. The van der Waals surface area contributed by atoms with Crippen molar-refractivity contribution in [2.45, 2.75) is 0 Å². The molecule has 0 saturated heterocycles. The van der Waals surface area contributed by atoms with Crippen molar-refractivity contribution in [3.05, 3.63) is 57.5 Å². The Morgan fingerprint density at radius 2 is 2.00 bits per heavy atom.